The predicted molar refractivity (Wildman–Crippen MR) is 117 cm³/mol. The molecule has 2 heterocycles. The maximum atomic E-state index is 13.3. The number of hydrogen-bond acceptors (Lipinski definition) is 6. The minimum Gasteiger partial charge on any atom is -0.506 e. The van der Waals surface area contributed by atoms with Crippen LogP contribution in [0.15, 0.2) is 67.7 Å². The van der Waals surface area contributed by atoms with E-state index in [0.717, 1.165) is 4.68 Å². The van der Waals surface area contributed by atoms with Gasteiger partial charge in [0.1, 0.15) is 16.2 Å². The lowest BCUT2D eigenvalue weighted by Gasteiger charge is -2.19. The van der Waals surface area contributed by atoms with Gasteiger partial charge < -0.3 is 10.4 Å². The number of sulfonamides is 1. The van der Waals surface area contributed by atoms with Gasteiger partial charge in [0.2, 0.25) is 0 Å². The number of hydrogen-bond donors (Lipinski definition) is 2. The zero-order valence-electron chi connectivity index (χ0n) is 16.4. The van der Waals surface area contributed by atoms with Crippen molar-refractivity contribution in [3.63, 3.8) is 0 Å². The summed E-state index contributed by atoms with van der Waals surface area (Å²) in [5.41, 5.74) is -0.242. The molecule has 0 atom stereocenters. The summed E-state index contributed by atoms with van der Waals surface area (Å²) < 4.78 is 30.2. The Hall–Kier alpha value is -3.46. The summed E-state index contributed by atoms with van der Waals surface area (Å²) in [6.45, 7) is 4.05. The quantitative estimate of drug-likeness (QED) is 0.625. The maximum Gasteiger partial charge on any atom is 0.286 e. The van der Waals surface area contributed by atoms with Gasteiger partial charge in [-0.2, -0.15) is 18.2 Å². The molecule has 0 aliphatic carbocycles. The molecule has 0 saturated carbocycles. The van der Waals surface area contributed by atoms with Crippen LogP contribution in [-0.2, 0) is 10.0 Å². The zero-order valence-corrected chi connectivity index (χ0v) is 17.2. The Morgan fingerprint density at radius 2 is 1.87 bits per heavy atom. The van der Waals surface area contributed by atoms with Crippen LogP contribution >= 0.6 is 0 Å². The molecule has 3 aromatic rings. The normalized spacial score (nSPS) is 15.2. The number of rotatable bonds is 4. The molecule has 8 nitrogen and oxygen atoms in total. The van der Waals surface area contributed by atoms with Crippen LogP contribution in [0.4, 0.5) is 5.69 Å². The van der Waals surface area contributed by atoms with Crippen molar-refractivity contribution in [1.82, 2.24) is 4.68 Å². The summed E-state index contributed by atoms with van der Waals surface area (Å²) in [6.07, 6.45) is 2.28. The topological polar surface area (TPSA) is 113 Å². The first-order valence-corrected chi connectivity index (χ1v) is 10.8. The second kappa shape index (κ2) is 7.42. The Morgan fingerprint density at radius 1 is 1.17 bits per heavy atom. The second-order valence-electron chi connectivity index (χ2n) is 7.32. The van der Waals surface area contributed by atoms with Crippen molar-refractivity contribution >= 4 is 38.7 Å². The number of para-hydroxylation sites is 2. The monoisotopic (exact) mass is 424 g/mol. The van der Waals surface area contributed by atoms with Gasteiger partial charge in [-0.1, -0.05) is 38.1 Å². The number of aromatic nitrogens is 1. The first-order valence-electron chi connectivity index (χ1n) is 9.40. The molecule has 9 heteroatoms. The number of fused-ring (bicyclic) bond motifs is 2. The Bertz CT molecular complexity index is 1370. The summed E-state index contributed by atoms with van der Waals surface area (Å²) >= 11 is 0. The van der Waals surface area contributed by atoms with E-state index < -0.39 is 15.6 Å². The smallest absolute Gasteiger partial charge is 0.286 e. The standard InChI is InChI=1S/C21H20N4O4S/c1-13(2)11-12-22-25-16-9-5-3-7-14(16)19(26)18(21(25)27)20-23-15-8-4-6-10-17(15)30(28,29)24-20/h3-10,12-13,26H,11H2,1-2H3,(H,23,24). The maximum absolute atomic E-state index is 13.3. The van der Waals surface area contributed by atoms with Crippen molar-refractivity contribution in [2.24, 2.45) is 15.4 Å². The van der Waals surface area contributed by atoms with Crippen molar-refractivity contribution in [3.05, 3.63) is 64.4 Å². The van der Waals surface area contributed by atoms with Gasteiger partial charge in [0.05, 0.1) is 11.2 Å². The Morgan fingerprint density at radius 3 is 2.63 bits per heavy atom. The Labute approximate surface area is 173 Å². The number of nitrogens with zero attached hydrogens (tertiary/aromatic N) is 3. The van der Waals surface area contributed by atoms with Crippen LogP contribution in [0, 0.1) is 5.92 Å². The number of amidine groups is 1. The number of pyridine rings is 1. The van der Waals surface area contributed by atoms with E-state index in [-0.39, 0.29) is 27.7 Å². The minimum atomic E-state index is -4.04. The molecule has 0 bridgehead atoms. The van der Waals surface area contributed by atoms with Crippen LogP contribution < -0.4 is 10.9 Å². The van der Waals surface area contributed by atoms with Gasteiger partial charge in [-0.05, 0) is 36.6 Å². The van der Waals surface area contributed by atoms with Crippen molar-refractivity contribution in [2.45, 2.75) is 25.2 Å². The van der Waals surface area contributed by atoms with Gasteiger partial charge >= 0.3 is 0 Å². The number of benzene rings is 2. The molecule has 1 aliphatic rings. The molecule has 4 rings (SSSR count). The van der Waals surface area contributed by atoms with Crippen molar-refractivity contribution in [2.75, 3.05) is 5.32 Å². The van der Waals surface area contributed by atoms with Crippen LogP contribution in [0.5, 0.6) is 5.75 Å². The van der Waals surface area contributed by atoms with Crippen LogP contribution in [0.1, 0.15) is 25.8 Å². The predicted octanol–water partition coefficient (Wildman–Crippen LogP) is 3.15. The van der Waals surface area contributed by atoms with Gasteiger partial charge in [0.25, 0.3) is 15.6 Å². The van der Waals surface area contributed by atoms with Gasteiger partial charge in [-0.25, -0.2) is 0 Å². The van der Waals surface area contributed by atoms with Crippen LogP contribution in [0.25, 0.3) is 10.9 Å². The largest absolute Gasteiger partial charge is 0.506 e. The third kappa shape index (κ3) is 3.37. The lowest BCUT2D eigenvalue weighted by molar-refractivity contribution is 0.478. The molecule has 0 saturated heterocycles. The van der Waals surface area contributed by atoms with E-state index >= 15 is 0 Å². The molecule has 0 unspecified atom stereocenters. The molecule has 0 fully saturated rings. The molecule has 1 aliphatic heterocycles. The van der Waals surface area contributed by atoms with E-state index in [2.05, 4.69) is 14.8 Å². The van der Waals surface area contributed by atoms with Crippen molar-refractivity contribution < 1.29 is 13.5 Å². The van der Waals surface area contributed by atoms with Gasteiger partial charge in [-0.15, -0.1) is 4.40 Å². The number of aromatic hydroxyl groups is 1. The lowest BCUT2D eigenvalue weighted by atomic mass is 10.1. The van der Waals surface area contributed by atoms with Crippen molar-refractivity contribution in [3.8, 4) is 5.75 Å². The van der Waals surface area contributed by atoms with E-state index in [1.54, 1.807) is 48.7 Å². The molecule has 154 valence electrons. The fourth-order valence-corrected chi connectivity index (χ4v) is 4.32. The van der Waals surface area contributed by atoms with E-state index in [1.807, 2.05) is 13.8 Å². The molecule has 2 N–H and O–H groups in total. The second-order valence-corrected chi connectivity index (χ2v) is 8.89. The van der Waals surface area contributed by atoms with E-state index in [9.17, 15) is 18.3 Å². The third-order valence-corrected chi connectivity index (χ3v) is 6.01. The molecule has 0 spiro atoms. The fraction of sp³-hybridized carbons (Fsp3) is 0.190. The highest BCUT2D eigenvalue weighted by Crippen LogP contribution is 2.32. The van der Waals surface area contributed by atoms with Gasteiger partial charge in [0.15, 0.2) is 5.84 Å². The van der Waals surface area contributed by atoms with E-state index in [1.165, 1.54) is 6.07 Å². The van der Waals surface area contributed by atoms with Gasteiger partial charge in [0, 0.05) is 11.6 Å². The highest BCUT2D eigenvalue weighted by atomic mass is 32.2. The highest BCUT2D eigenvalue weighted by molar-refractivity contribution is 7.90. The third-order valence-electron chi connectivity index (χ3n) is 4.67. The minimum absolute atomic E-state index is 0.00399. The molecule has 2 aromatic carbocycles. The average molecular weight is 424 g/mol. The van der Waals surface area contributed by atoms with Crippen molar-refractivity contribution in [1.29, 1.82) is 0 Å². The van der Waals surface area contributed by atoms with E-state index in [4.69, 9.17) is 0 Å². The summed E-state index contributed by atoms with van der Waals surface area (Å²) in [5, 5.41) is 18.4. The Kier molecular flexibility index (Phi) is 4.90. The molecular formula is C21H20N4O4S. The number of nitrogens with one attached hydrogen (secondary N) is 1. The first-order chi connectivity index (χ1) is 14.3. The van der Waals surface area contributed by atoms with Crippen LogP contribution in [0.2, 0.25) is 0 Å². The fourth-order valence-electron chi connectivity index (χ4n) is 3.20. The average Bonchev–Trinajstić information content (AvgIpc) is 2.70. The molecule has 0 amide bonds. The molecule has 30 heavy (non-hydrogen) atoms. The highest BCUT2D eigenvalue weighted by Gasteiger charge is 2.29. The first kappa shape index (κ1) is 19.8. The summed E-state index contributed by atoms with van der Waals surface area (Å²) in [4.78, 5) is 13.3. The summed E-state index contributed by atoms with van der Waals surface area (Å²) in [6, 6.07) is 13.0. The molecular weight excluding hydrogens is 404 g/mol. The molecule has 1 aromatic heterocycles. The Balaban J connectivity index is 1.98. The number of anilines is 1. The zero-order chi connectivity index (χ0) is 21.5. The van der Waals surface area contributed by atoms with Gasteiger partial charge in [-0.3, -0.25) is 4.79 Å². The SMILES string of the molecule is CC(C)CC=Nn1c(=O)c(C2=NS(=O)(=O)c3ccccc3N2)c(O)c2ccccc21. The summed E-state index contributed by atoms with van der Waals surface area (Å²) in [5.74, 6) is -0.250. The molecule has 0 radical (unpaired) electrons. The van der Waals surface area contributed by atoms with Crippen LogP contribution in [0.3, 0.4) is 0 Å². The van der Waals surface area contributed by atoms with E-state index in [0.29, 0.717) is 23.2 Å². The summed E-state index contributed by atoms with van der Waals surface area (Å²) in [7, 11) is -4.04. The lowest BCUT2D eigenvalue weighted by Crippen LogP contribution is -2.31. The van der Waals surface area contributed by atoms with Crippen LogP contribution in [-0.4, -0.2) is 30.3 Å².